The van der Waals surface area contributed by atoms with E-state index in [0.29, 0.717) is 18.0 Å². The van der Waals surface area contributed by atoms with Gasteiger partial charge in [-0.3, -0.25) is 4.79 Å². The molecule has 2 rings (SSSR count). The minimum Gasteiger partial charge on any atom is -0.481 e. The van der Waals surface area contributed by atoms with E-state index in [1.165, 1.54) is 0 Å². The van der Waals surface area contributed by atoms with Crippen LogP contribution in [0.25, 0.3) is 0 Å². The predicted molar refractivity (Wildman–Crippen MR) is 57.9 cm³/mol. The van der Waals surface area contributed by atoms with Crippen LogP contribution in [0, 0.1) is 5.92 Å². The molecular formula is C11H12ClNO2. The van der Waals surface area contributed by atoms with E-state index in [0.717, 1.165) is 5.56 Å². The summed E-state index contributed by atoms with van der Waals surface area (Å²) in [4.78, 5) is 10.9. The van der Waals surface area contributed by atoms with Crippen LogP contribution in [0.15, 0.2) is 24.3 Å². The van der Waals surface area contributed by atoms with Crippen LogP contribution in [0.4, 0.5) is 0 Å². The zero-order valence-electron chi connectivity index (χ0n) is 8.11. The van der Waals surface area contributed by atoms with Crippen molar-refractivity contribution in [3.05, 3.63) is 34.9 Å². The number of hydrogen-bond acceptors (Lipinski definition) is 2. The van der Waals surface area contributed by atoms with Crippen molar-refractivity contribution < 1.29 is 9.90 Å². The molecule has 0 amide bonds. The van der Waals surface area contributed by atoms with Crippen LogP contribution in [0.1, 0.15) is 12.0 Å². The lowest BCUT2D eigenvalue weighted by atomic mass is 9.93. The van der Waals surface area contributed by atoms with E-state index < -0.39 is 5.97 Å². The van der Waals surface area contributed by atoms with Crippen molar-refractivity contribution in [2.45, 2.75) is 11.8 Å². The molecule has 1 fully saturated rings. The molecule has 15 heavy (non-hydrogen) atoms. The third-order valence-corrected chi connectivity index (χ3v) is 3.41. The highest BCUT2D eigenvalue weighted by Crippen LogP contribution is 2.53. The standard InChI is InChI=1S/C11H12ClNO2/c12-8-3-1-7(2-4-8)11(6-13)5-9(11)10(14)15/h1-4,9H,5-6,13H2,(H,14,15)/t9-,11-/m0/s1. The van der Waals surface area contributed by atoms with Crippen molar-refractivity contribution in [1.82, 2.24) is 0 Å². The van der Waals surface area contributed by atoms with Crippen LogP contribution in [0.3, 0.4) is 0 Å². The summed E-state index contributed by atoms with van der Waals surface area (Å²) < 4.78 is 0. The molecule has 0 radical (unpaired) electrons. The SMILES string of the molecule is NC[C@]1(c2ccc(Cl)cc2)C[C@H]1C(=O)O. The lowest BCUT2D eigenvalue weighted by Gasteiger charge is -2.14. The molecule has 4 heteroatoms. The first-order chi connectivity index (χ1) is 7.10. The Balaban J connectivity index is 2.30. The van der Waals surface area contributed by atoms with Gasteiger partial charge in [-0.1, -0.05) is 23.7 Å². The van der Waals surface area contributed by atoms with E-state index in [9.17, 15) is 4.79 Å². The Labute approximate surface area is 92.8 Å². The smallest absolute Gasteiger partial charge is 0.307 e. The van der Waals surface area contributed by atoms with Crippen LogP contribution in [-0.2, 0) is 10.2 Å². The van der Waals surface area contributed by atoms with Crippen LogP contribution in [0.2, 0.25) is 5.02 Å². The molecular weight excluding hydrogens is 214 g/mol. The van der Waals surface area contributed by atoms with Crippen molar-refractivity contribution in [2.24, 2.45) is 11.7 Å². The molecule has 1 aliphatic carbocycles. The molecule has 0 bridgehead atoms. The first-order valence-corrected chi connectivity index (χ1v) is 5.17. The van der Waals surface area contributed by atoms with Crippen LogP contribution in [0.5, 0.6) is 0 Å². The molecule has 1 aliphatic rings. The maximum absolute atomic E-state index is 10.9. The lowest BCUT2D eigenvalue weighted by molar-refractivity contribution is -0.139. The van der Waals surface area contributed by atoms with Gasteiger partial charge >= 0.3 is 5.97 Å². The Morgan fingerprint density at radius 3 is 2.53 bits per heavy atom. The maximum atomic E-state index is 10.9. The molecule has 0 spiro atoms. The average molecular weight is 226 g/mol. The van der Waals surface area contributed by atoms with Crippen molar-refractivity contribution in [1.29, 1.82) is 0 Å². The van der Waals surface area contributed by atoms with Crippen molar-refractivity contribution in [3.63, 3.8) is 0 Å². The molecule has 3 N–H and O–H groups in total. The molecule has 0 saturated heterocycles. The van der Waals surface area contributed by atoms with Crippen LogP contribution in [-0.4, -0.2) is 17.6 Å². The number of benzene rings is 1. The van der Waals surface area contributed by atoms with Gasteiger partial charge in [-0.2, -0.15) is 0 Å². The second kappa shape index (κ2) is 3.51. The Morgan fingerprint density at radius 2 is 2.13 bits per heavy atom. The molecule has 1 saturated carbocycles. The quantitative estimate of drug-likeness (QED) is 0.822. The molecule has 0 heterocycles. The minimum atomic E-state index is -0.768. The van der Waals surface area contributed by atoms with Crippen LogP contribution < -0.4 is 5.73 Å². The summed E-state index contributed by atoms with van der Waals surface area (Å²) in [6.45, 7) is 0.367. The first kappa shape index (κ1) is 10.5. The Bertz CT molecular complexity index is 390. The number of nitrogens with two attached hydrogens (primary N) is 1. The summed E-state index contributed by atoms with van der Waals surface area (Å²) >= 11 is 5.78. The lowest BCUT2D eigenvalue weighted by Crippen LogP contribution is -2.24. The summed E-state index contributed by atoms with van der Waals surface area (Å²) in [7, 11) is 0. The fourth-order valence-electron chi connectivity index (χ4n) is 2.07. The average Bonchev–Trinajstić information content (AvgIpc) is 2.95. The van der Waals surface area contributed by atoms with Gasteiger partial charge in [-0.25, -0.2) is 0 Å². The van der Waals surface area contributed by atoms with Crippen LogP contribution >= 0.6 is 11.6 Å². The molecule has 1 aromatic rings. The zero-order chi connectivity index (χ0) is 11.1. The molecule has 0 aromatic heterocycles. The topological polar surface area (TPSA) is 63.3 Å². The Morgan fingerprint density at radius 1 is 1.53 bits per heavy atom. The minimum absolute atomic E-state index is 0.344. The van der Waals surface area contributed by atoms with Gasteiger partial charge in [0, 0.05) is 17.0 Å². The molecule has 3 nitrogen and oxygen atoms in total. The third-order valence-electron chi connectivity index (χ3n) is 3.16. The number of carboxylic acid groups (broad SMARTS) is 1. The van der Waals surface area contributed by atoms with Gasteiger partial charge in [-0.15, -0.1) is 0 Å². The molecule has 0 unspecified atom stereocenters. The predicted octanol–water partition coefficient (Wildman–Crippen LogP) is 1.64. The van der Waals surface area contributed by atoms with E-state index in [4.69, 9.17) is 22.4 Å². The molecule has 1 aromatic carbocycles. The summed E-state index contributed by atoms with van der Waals surface area (Å²) in [6.07, 6.45) is 0.625. The molecule has 2 atom stereocenters. The van der Waals surface area contributed by atoms with Gasteiger partial charge in [0.15, 0.2) is 0 Å². The Kier molecular flexibility index (Phi) is 2.44. The number of carbonyl (C=O) groups is 1. The number of hydrogen-bond donors (Lipinski definition) is 2. The number of aliphatic carboxylic acids is 1. The highest BCUT2D eigenvalue weighted by atomic mass is 35.5. The van der Waals surface area contributed by atoms with Gasteiger partial charge < -0.3 is 10.8 Å². The second-order valence-electron chi connectivity index (χ2n) is 3.96. The zero-order valence-corrected chi connectivity index (χ0v) is 8.87. The number of halogens is 1. The van der Waals surface area contributed by atoms with E-state index in [1.807, 2.05) is 12.1 Å². The van der Waals surface area contributed by atoms with E-state index in [2.05, 4.69) is 0 Å². The van der Waals surface area contributed by atoms with E-state index in [1.54, 1.807) is 12.1 Å². The third kappa shape index (κ3) is 1.62. The number of carboxylic acids is 1. The monoisotopic (exact) mass is 225 g/mol. The highest BCUT2D eigenvalue weighted by Gasteiger charge is 2.58. The summed E-state index contributed by atoms with van der Waals surface area (Å²) in [6, 6.07) is 7.26. The van der Waals surface area contributed by atoms with Gasteiger partial charge in [0.25, 0.3) is 0 Å². The molecule has 0 aliphatic heterocycles. The van der Waals surface area contributed by atoms with E-state index in [-0.39, 0.29) is 11.3 Å². The maximum Gasteiger partial charge on any atom is 0.307 e. The van der Waals surface area contributed by atoms with Crippen molar-refractivity contribution in [2.75, 3.05) is 6.54 Å². The summed E-state index contributed by atoms with van der Waals surface area (Å²) in [5, 5.41) is 9.61. The van der Waals surface area contributed by atoms with E-state index >= 15 is 0 Å². The fraction of sp³-hybridized carbons (Fsp3) is 0.364. The largest absolute Gasteiger partial charge is 0.481 e. The van der Waals surface area contributed by atoms with Crippen molar-refractivity contribution >= 4 is 17.6 Å². The molecule has 80 valence electrons. The first-order valence-electron chi connectivity index (χ1n) is 4.79. The number of rotatable bonds is 3. The van der Waals surface area contributed by atoms with Gasteiger partial charge in [0.05, 0.1) is 5.92 Å². The summed E-state index contributed by atoms with van der Waals surface area (Å²) in [5.41, 5.74) is 6.28. The Hall–Kier alpha value is -1.06. The van der Waals surface area contributed by atoms with Gasteiger partial charge in [-0.05, 0) is 24.1 Å². The fourth-order valence-corrected chi connectivity index (χ4v) is 2.20. The van der Waals surface area contributed by atoms with Gasteiger partial charge in [0.2, 0.25) is 0 Å². The summed E-state index contributed by atoms with van der Waals surface area (Å²) in [5.74, 6) is -1.11. The normalized spacial score (nSPS) is 28.8. The second-order valence-corrected chi connectivity index (χ2v) is 4.40. The highest BCUT2D eigenvalue weighted by molar-refractivity contribution is 6.30. The van der Waals surface area contributed by atoms with Gasteiger partial charge in [0.1, 0.15) is 0 Å². The van der Waals surface area contributed by atoms with Crippen molar-refractivity contribution in [3.8, 4) is 0 Å².